The Kier molecular flexibility index (Phi) is 3.57. The van der Waals surface area contributed by atoms with E-state index in [0.717, 1.165) is 18.5 Å². The highest BCUT2D eigenvalue weighted by Crippen LogP contribution is 2.39. The largest absolute Gasteiger partial charge is 0.351 e. The lowest BCUT2D eigenvalue weighted by atomic mass is 10.2. The summed E-state index contributed by atoms with van der Waals surface area (Å²) in [6.45, 7) is 1.81. The van der Waals surface area contributed by atoms with Crippen LogP contribution in [-0.4, -0.2) is 26.2 Å². The molecule has 0 spiro atoms. The van der Waals surface area contributed by atoms with E-state index in [-0.39, 0.29) is 11.7 Å². The number of hydrogen-bond donors (Lipinski definition) is 2. The average Bonchev–Trinajstić information content (AvgIpc) is 3.12. The molecule has 24 heavy (non-hydrogen) atoms. The number of halogens is 1. The zero-order chi connectivity index (χ0) is 16.7. The van der Waals surface area contributed by atoms with E-state index >= 15 is 0 Å². The molecule has 0 bridgehead atoms. The summed E-state index contributed by atoms with van der Waals surface area (Å²) < 4.78 is 5.11. The Bertz CT molecular complexity index is 913. The van der Waals surface area contributed by atoms with E-state index < -0.39 is 0 Å². The monoisotopic (exact) mass is 343 g/mol. The lowest BCUT2D eigenvalue weighted by molar-refractivity contribution is 0.0988. The van der Waals surface area contributed by atoms with Crippen LogP contribution in [0, 0.1) is 6.92 Å². The molecule has 1 amide bonds. The molecule has 1 aliphatic rings. The fourth-order valence-corrected chi connectivity index (χ4v) is 2.66. The maximum absolute atomic E-state index is 12.2. The van der Waals surface area contributed by atoms with Crippen molar-refractivity contribution in [2.75, 3.05) is 5.32 Å². The number of nitrogens with one attached hydrogen (secondary N) is 2. The van der Waals surface area contributed by atoms with E-state index in [1.54, 1.807) is 24.3 Å². The quantitative estimate of drug-likeness (QED) is 0.755. The van der Waals surface area contributed by atoms with Gasteiger partial charge in [0.1, 0.15) is 5.82 Å². The summed E-state index contributed by atoms with van der Waals surface area (Å²) in [5, 5.41) is 14.0. The van der Waals surface area contributed by atoms with Crippen LogP contribution in [0.4, 0.5) is 5.69 Å². The normalized spacial score (nSPS) is 13.9. The zero-order valence-electron chi connectivity index (χ0n) is 12.8. The van der Waals surface area contributed by atoms with Gasteiger partial charge < -0.3 is 9.84 Å². The predicted molar refractivity (Wildman–Crippen MR) is 88.0 cm³/mol. The summed E-state index contributed by atoms with van der Waals surface area (Å²) in [4.78, 5) is 16.5. The van der Waals surface area contributed by atoms with Crippen molar-refractivity contribution >= 4 is 23.2 Å². The van der Waals surface area contributed by atoms with Gasteiger partial charge in [0.2, 0.25) is 5.76 Å². The third-order valence-corrected chi connectivity index (χ3v) is 4.13. The molecule has 0 unspecified atom stereocenters. The molecule has 122 valence electrons. The number of rotatable bonds is 4. The van der Waals surface area contributed by atoms with Gasteiger partial charge >= 0.3 is 0 Å². The average molecular weight is 344 g/mol. The molecular weight excluding hydrogens is 330 g/mol. The second-order valence-electron chi connectivity index (χ2n) is 5.78. The fraction of sp³-hybridized carbons (Fsp3) is 0.250. The van der Waals surface area contributed by atoms with Gasteiger partial charge in [0.25, 0.3) is 5.91 Å². The molecule has 2 aromatic heterocycles. The summed E-state index contributed by atoms with van der Waals surface area (Å²) in [5.74, 6) is 1.50. The number of H-pyrrole nitrogens is 1. The van der Waals surface area contributed by atoms with Crippen LogP contribution in [0.3, 0.4) is 0 Å². The van der Waals surface area contributed by atoms with E-state index in [1.165, 1.54) is 0 Å². The summed E-state index contributed by atoms with van der Waals surface area (Å²) in [6.07, 6.45) is 2.21. The molecule has 0 atom stereocenters. The lowest BCUT2D eigenvalue weighted by Crippen LogP contribution is -2.10. The Labute approximate surface area is 142 Å². The topological polar surface area (TPSA) is 96.7 Å². The highest BCUT2D eigenvalue weighted by atomic mass is 35.5. The Hall–Kier alpha value is -2.67. The number of hydrogen-bond acceptors (Lipinski definition) is 5. The van der Waals surface area contributed by atoms with Crippen molar-refractivity contribution in [2.45, 2.75) is 25.7 Å². The molecule has 1 aromatic carbocycles. The van der Waals surface area contributed by atoms with Crippen LogP contribution in [-0.2, 0) is 0 Å². The number of carbonyl (C=O) groups excluding carboxylic acids is 1. The first-order valence-corrected chi connectivity index (χ1v) is 7.95. The molecule has 3 aromatic rings. The Morgan fingerprint density at radius 2 is 2.21 bits per heavy atom. The molecule has 1 aliphatic carbocycles. The third kappa shape index (κ3) is 2.90. The molecule has 0 radical (unpaired) electrons. The van der Waals surface area contributed by atoms with Gasteiger partial charge in [-0.2, -0.15) is 5.10 Å². The summed E-state index contributed by atoms with van der Waals surface area (Å²) in [6, 6.07) is 6.84. The van der Waals surface area contributed by atoms with E-state index in [9.17, 15) is 4.79 Å². The smallest absolute Gasteiger partial charge is 0.294 e. The van der Waals surface area contributed by atoms with Crippen LogP contribution in [0.25, 0.3) is 11.4 Å². The fourth-order valence-electron chi connectivity index (χ4n) is 2.40. The van der Waals surface area contributed by atoms with Crippen molar-refractivity contribution < 1.29 is 9.32 Å². The Balaban J connectivity index is 1.51. The van der Waals surface area contributed by atoms with Gasteiger partial charge in [0.15, 0.2) is 5.82 Å². The maximum Gasteiger partial charge on any atom is 0.294 e. The lowest BCUT2D eigenvalue weighted by Gasteiger charge is -2.05. The van der Waals surface area contributed by atoms with Crippen LogP contribution >= 0.6 is 11.6 Å². The van der Waals surface area contributed by atoms with Gasteiger partial charge in [-0.15, -0.1) is 0 Å². The molecule has 2 heterocycles. The number of nitrogens with zero attached hydrogens (tertiary/aromatic N) is 3. The van der Waals surface area contributed by atoms with Gasteiger partial charge in [0.05, 0.1) is 10.7 Å². The number of aromatic amines is 1. The minimum atomic E-state index is -0.355. The molecule has 0 saturated heterocycles. The van der Waals surface area contributed by atoms with Crippen LogP contribution in [0.1, 0.15) is 40.8 Å². The summed E-state index contributed by atoms with van der Waals surface area (Å²) in [7, 11) is 0. The standard InChI is InChI=1S/C16H14ClN5O2/c1-8-18-15(21-20-8)11-5-4-10(6-12(11)17)19-16(23)14-7-13(22-24-14)9-2-3-9/h4-7,9H,2-3H2,1H3,(H,19,23)(H,18,20,21). The first-order valence-electron chi connectivity index (χ1n) is 7.57. The molecule has 7 nitrogen and oxygen atoms in total. The molecule has 1 fully saturated rings. The molecule has 1 saturated carbocycles. The SMILES string of the molecule is Cc1nc(-c2ccc(NC(=O)c3cc(C4CC4)no3)cc2Cl)n[nH]1. The highest BCUT2D eigenvalue weighted by Gasteiger charge is 2.28. The third-order valence-electron chi connectivity index (χ3n) is 3.81. The molecule has 4 rings (SSSR count). The predicted octanol–water partition coefficient (Wildman–Crippen LogP) is 3.55. The number of aromatic nitrogens is 4. The highest BCUT2D eigenvalue weighted by molar-refractivity contribution is 6.33. The molecule has 0 aliphatic heterocycles. The van der Waals surface area contributed by atoms with E-state index in [2.05, 4.69) is 25.7 Å². The van der Waals surface area contributed by atoms with Gasteiger partial charge in [-0.25, -0.2) is 4.98 Å². The zero-order valence-corrected chi connectivity index (χ0v) is 13.6. The molecule has 8 heteroatoms. The number of benzene rings is 1. The first kappa shape index (κ1) is 14.9. The van der Waals surface area contributed by atoms with Crippen molar-refractivity contribution in [1.82, 2.24) is 20.3 Å². The van der Waals surface area contributed by atoms with Crippen molar-refractivity contribution in [1.29, 1.82) is 0 Å². The summed E-state index contributed by atoms with van der Waals surface area (Å²) in [5.41, 5.74) is 2.09. The summed E-state index contributed by atoms with van der Waals surface area (Å²) >= 11 is 6.28. The second-order valence-corrected chi connectivity index (χ2v) is 6.19. The number of amides is 1. The maximum atomic E-state index is 12.2. The van der Waals surface area contributed by atoms with Crippen molar-refractivity contribution in [3.8, 4) is 11.4 Å². The van der Waals surface area contributed by atoms with Gasteiger partial charge in [-0.05, 0) is 38.0 Å². The Morgan fingerprint density at radius 1 is 1.38 bits per heavy atom. The van der Waals surface area contributed by atoms with E-state index in [1.807, 2.05) is 6.92 Å². The Morgan fingerprint density at radius 3 is 2.88 bits per heavy atom. The minimum Gasteiger partial charge on any atom is -0.351 e. The van der Waals surface area contributed by atoms with Crippen LogP contribution in [0.2, 0.25) is 5.02 Å². The number of aryl methyl sites for hydroxylation is 1. The van der Waals surface area contributed by atoms with Crippen LogP contribution < -0.4 is 5.32 Å². The van der Waals surface area contributed by atoms with Crippen molar-refractivity contribution in [2.24, 2.45) is 0 Å². The van der Waals surface area contributed by atoms with Crippen LogP contribution in [0.15, 0.2) is 28.8 Å². The van der Waals surface area contributed by atoms with Crippen molar-refractivity contribution in [3.63, 3.8) is 0 Å². The molecule has 2 N–H and O–H groups in total. The number of anilines is 1. The van der Waals surface area contributed by atoms with Crippen LogP contribution in [0.5, 0.6) is 0 Å². The van der Waals surface area contributed by atoms with Gasteiger partial charge in [-0.3, -0.25) is 9.89 Å². The number of carbonyl (C=O) groups is 1. The van der Waals surface area contributed by atoms with E-state index in [4.69, 9.17) is 16.1 Å². The second kappa shape index (κ2) is 5.76. The van der Waals surface area contributed by atoms with Crippen molar-refractivity contribution in [3.05, 3.63) is 46.6 Å². The minimum absolute atomic E-state index is 0.196. The van der Waals surface area contributed by atoms with E-state index in [0.29, 0.717) is 33.8 Å². The molecular formula is C16H14ClN5O2. The van der Waals surface area contributed by atoms with Gasteiger partial charge in [0, 0.05) is 23.2 Å². The van der Waals surface area contributed by atoms with Gasteiger partial charge in [-0.1, -0.05) is 16.8 Å². The first-order chi connectivity index (χ1) is 11.6.